The predicted octanol–water partition coefficient (Wildman–Crippen LogP) is 3.51. The molecule has 9 heteroatoms. The van der Waals surface area contributed by atoms with Gasteiger partial charge in [-0.3, -0.25) is 4.79 Å². The van der Waals surface area contributed by atoms with E-state index in [2.05, 4.69) is 21.2 Å². The first-order valence-electron chi connectivity index (χ1n) is 8.68. The summed E-state index contributed by atoms with van der Waals surface area (Å²) in [5.41, 5.74) is 0.261. The van der Waals surface area contributed by atoms with E-state index in [1.807, 2.05) is 6.07 Å². The number of rotatable bonds is 9. The molecule has 0 aliphatic carbocycles. The van der Waals surface area contributed by atoms with Crippen molar-refractivity contribution in [2.24, 2.45) is 0 Å². The smallest absolute Gasteiger partial charge is 0.262 e. The van der Waals surface area contributed by atoms with Crippen molar-refractivity contribution in [1.82, 2.24) is 4.31 Å². The van der Waals surface area contributed by atoms with Crippen LogP contribution in [-0.4, -0.2) is 45.4 Å². The number of nitrogens with one attached hydrogen (secondary N) is 1. The average Bonchev–Trinajstić information content (AvgIpc) is 2.68. The Hall–Kier alpha value is -2.10. The summed E-state index contributed by atoms with van der Waals surface area (Å²) in [6.07, 6.45) is 0. The fraction of sp³-hybridized carbons (Fsp3) is 0.316. The number of methoxy groups -OCH3 is 1. The van der Waals surface area contributed by atoms with E-state index in [1.165, 1.54) is 29.6 Å². The second-order valence-corrected chi connectivity index (χ2v) is 8.51. The van der Waals surface area contributed by atoms with Gasteiger partial charge in [-0.25, -0.2) is 8.42 Å². The molecule has 152 valence electrons. The number of carbonyl (C=O) groups excluding carboxylic acids is 1. The number of hydrogen-bond donors (Lipinski definition) is 1. The number of nitrogens with zero attached hydrogens (tertiary/aromatic N) is 1. The lowest BCUT2D eigenvalue weighted by Crippen LogP contribution is -2.30. The van der Waals surface area contributed by atoms with Crippen LogP contribution in [-0.2, 0) is 14.8 Å². The average molecular weight is 471 g/mol. The minimum absolute atomic E-state index is 0.0824. The van der Waals surface area contributed by atoms with Crippen LogP contribution in [0.4, 0.5) is 5.69 Å². The molecule has 1 N–H and O–H groups in total. The molecule has 2 rings (SSSR count). The molecule has 0 saturated carbocycles. The number of amides is 1. The molecule has 0 spiro atoms. The van der Waals surface area contributed by atoms with Crippen LogP contribution < -0.4 is 14.8 Å². The molecule has 0 aromatic heterocycles. The first-order chi connectivity index (χ1) is 13.3. The molecule has 0 aliphatic heterocycles. The molecule has 2 aromatic rings. The Morgan fingerprint density at radius 1 is 1.11 bits per heavy atom. The third-order valence-corrected chi connectivity index (χ3v) is 6.68. The van der Waals surface area contributed by atoms with Gasteiger partial charge in [0, 0.05) is 13.1 Å². The maximum absolute atomic E-state index is 12.7. The number of benzene rings is 2. The van der Waals surface area contributed by atoms with Crippen LogP contribution in [0.25, 0.3) is 0 Å². The van der Waals surface area contributed by atoms with E-state index in [1.54, 1.807) is 32.0 Å². The monoisotopic (exact) mass is 470 g/mol. The number of hydrogen-bond acceptors (Lipinski definition) is 5. The maximum Gasteiger partial charge on any atom is 0.262 e. The molecule has 7 nitrogen and oxygen atoms in total. The second-order valence-electron chi connectivity index (χ2n) is 5.72. The van der Waals surface area contributed by atoms with E-state index in [-0.39, 0.29) is 17.2 Å². The Kier molecular flexibility index (Phi) is 7.85. The van der Waals surface area contributed by atoms with Crippen molar-refractivity contribution in [3.8, 4) is 11.5 Å². The van der Waals surface area contributed by atoms with E-state index >= 15 is 0 Å². The number of ether oxygens (including phenoxy) is 2. The number of para-hydroxylation sites is 1. The van der Waals surface area contributed by atoms with Gasteiger partial charge in [-0.1, -0.05) is 26.0 Å². The summed E-state index contributed by atoms with van der Waals surface area (Å²) in [6.45, 7) is 4.01. The molecule has 28 heavy (non-hydrogen) atoms. The Labute approximate surface area is 173 Å². The molecular formula is C19H23BrN2O5S. The first kappa shape index (κ1) is 22.2. The van der Waals surface area contributed by atoms with Crippen LogP contribution in [0.1, 0.15) is 13.8 Å². The largest absolute Gasteiger partial charge is 0.495 e. The standard InChI is InChI=1S/C19H23BrN2O5S/c1-4-22(5-2)28(24,25)14-10-11-18(26-3)16(12-14)21-19(23)13-27-17-9-7-6-8-15(17)20/h6-12H,4-5,13H2,1-3H3,(H,21,23). The van der Waals surface area contributed by atoms with E-state index in [0.717, 1.165) is 4.47 Å². The quantitative estimate of drug-likeness (QED) is 0.605. The highest BCUT2D eigenvalue weighted by Crippen LogP contribution is 2.29. The summed E-state index contributed by atoms with van der Waals surface area (Å²) in [6, 6.07) is 11.5. The zero-order chi connectivity index (χ0) is 20.7. The lowest BCUT2D eigenvalue weighted by atomic mass is 10.3. The minimum Gasteiger partial charge on any atom is -0.495 e. The van der Waals surface area contributed by atoms with Gasteiger partial charge in [0.15, 0.2) is 6.61 Å². The van der Waals surface area contributed by atoms with E-state index in [0.29, 0.717) is 24.6 Å². The van der Waals surface area contributed by atoms with Crippen LogP contribution >= 0.6 is 15.9 Å². The highest BCUT2D eigenvalue weighted by Gasteiger charge is 2.23. The molecule has 0 bridgehead atoms. The van der Waals surface area contributed by atoms with Gasteiger partial charge >= 0.3 is 0 Å². The van der Waals surface area contributed by atoms with Crippen LogP contribution in [0.2, 0.25) is 0 Å². The summed E-state index contributed by atoms with van der Waals surface area (Å²) in [5.74, 6) is 0.446. The van der Waals surface area contributed by atoms with Crippen LogP contribution in [0.3, 0.4) is 0 Å². The van der Waals surface area contributed by atoms with Crippen molar-refractivity contribution in [2.75, 3.05) is 32.1 Å². The van der Waals surface area contributed by atoms with Gasteiger partial charge in [-0.2, -0.15) is 4.31 Å². The highest BCUT2D eigenvalue weighted by molar-refractivity contribution is 9.10. The van der Waals surface area contributed by atoms with Gasteiger partial charge in [0.2, 0.25) is 10.0 Å². The number of anilines is 1. The predicted molar refractivity (Wildman–Crippen MR) is 111 cm³/mol. The summed E-state index contributed by atoms with van der Waals surface area (Å²) >= 11 is 3.35. The molecule has 0 saturated heterocycles. The molecule has 0 unspecified atom stereocenters. The van der Waals surface area contributed by atoms with Crippen LogP contribution in [0.15, 0.2) is 51.8 Å². The number of sulfonamides is 1. The summed E-state index contributed by atoms with van der Waals surface area (Å²) in [4.78, 5) is 12.4. The molecule has 0 atom stereocenters. The zero-order valence-electron chi connectivity index (χ0n) is 15.9. The fourth-order valence-corrected chi connectivity index (χ4v) is 4.43. The van der Waals surface area contributed by atoms with Crippen molar-refractivity contribution in [1.29, 1.82) is 0 Å². The Balaban J connectivity index is 2.20. The molecule has 1 amide bonds. The van der Waals surface area contributed by atoms with E-state index in [4.69, 9.17) is 9.47 Å². The molecule has 2 aromatic carbocycles. The van der Waals surface area contributed by atoms with E-state index < -0.39 is 15.9 Å². The second kappa shape index (κ2) is 9.90. The fourth-order valence-electron chi connectivity index (χ4n) is 2.55. The lowest BCUT2D eigenvalue weighted by Gasteiger charge is -2.19. The van der Waals surface area contributed by atoms with Gasteiger partial charge in [0.1, 0.15) is 11.5 Å². The SMILES string of the molecule is CCN(CC)S(=O)(=O)c1ccc(OC)c(NC(=O)COc2ccccc2Br)c1. The summed E-state index contributed by atoms with van der Waals surface area (Å²) in [5, 5.41) is 2.65. The topological polar surface area (TPSA) is 84.9 Å². The first-order valence-corrected chi connectivity index (χ1v) is 10.9. The minimum atomic E-state index is -3.66. The number of halogens is 1. The third kappa shape index (κ3) is 5.24. The van der Waals surface area contributed by atoms with Gasteiger partial charge < -0.3 is 14.8 Å². The Bertz CT molecular complexity index is 930. The summed E-state index contributed by atoms with van der Waals surface area (Å²) in [7, 11) is -2.21. The van der Waals surface area contributed by atoms with Crippen LogP contribution in [0, 0.1) is 0 Å². The Morgan fingerprint density at radius 2 is 1.79 bits per heavy atom. The number of carbonyl (C=O) groups is 1. The molecule has 0 radical (unpaired) electrons. The van der Waals surface area contributed by atoms with Crippen LogP contribution in [0.5, 0.6) is 11.5 Å². The van der Waals surface area contributed by atoms with Gasteiger partial charge in [-0.05, 0) is 46.3 Å². The normalized spacial score (nSPS) is 11.3. The van der Waals surface area contributed by atoms with Crippen molar-refractivity contribution in [2.45, 2.75) is 18.7 Å². The van der Waals surface area contributed by atoms with Gasteiger partial charge in [0.25, 0.3) is 5.91 Å². The van der Waals surface area contributed by atoms with Gasteiger partial charge in [-0.15, -0.1) is 0 Å². The van der Waals surface area contributed by atoms with Crippen molar-refractivity contribution < 1.29 is 22.7 Å². The van der Waals surface area contributed by atoms with E-state index in [9.17, 15) is 13.2 Å². The molecular weight excluding hydrogens is 448 g/mol. The molecule has 0 aliphatic rings. The third-order valence-electron chi connectivity index (χ3n) is 3.98. The highest BCUT2D eigenvalue weighted by atomic mass is 79.9. The molecule has 0 fully saturated rings. The van der Waals surface area contributed by atoms with Crippen molar-refractivity contribution in [3.05, 3.63) is 46.9 Å². The zero-order valence-corrected chi connectivity index (χ0v) is 18.3. The van der Waals surface area contributed by atoms with Gasteiger partial charge in [0.05, 0.1) is 22.2 Å². The molecule has 0 heterocycles. The lowest BCUT2D eigenvalue weighted by molar-refractivity contribution is -0.118. The maximum atomic E-state index is 12.7. The van der Waals surface area contributed by atoms with Crippen molar-refractivity contribution in [3.63, 3.8) is 0 Å². The summed E-state index contributed by atoms with van der Waals surface area (Å²) < 4.78 is 38.2. The Morgan fingerprint density at radius 3 is 2.39 bits per heavy atom. The van der Waals surface area contributed by atoms with Crippen molar-refractivity contribution >= 4 is 37.5 Å².